The van der Waals surface area contributed by atoms with Crippen molar-refractivity contribution in [2.24, 2.45) is 0 Å². The van der Waals surface area contributed by atoms with Gasteiger partial charge in [0.15, 0.2) is 11.5 Å². The Morgan fingerprint density at radius 2 is 1.54 bits per heavy atom. The molecular weight excluding hydrogens is 376 g/mol. The summed E-state index contributed by atoms with van der Waals surface area (Å²) in [5.41, 5.74) is 0.900. The van der Waals surface area contributed by atoms with Crippen LogP contribution in [-0.2, 0) is 11.2 Å². The van der Waals surface area contributed by atoms with Crippen LogP contribution in [-0.4, -0.2) is 27.3 Å². The number of hydrogen-bond acceptors (Lipinski definition) is 5. The number of halogens is 1. The molecule has 0 saturated carbocycles. The summed E-state index contributed by atoms with van der Waals surface area (Å²) >= 11 is 3.34. The number of carbonyl (C=O) groups excluding carboxylic acids is 1. The lowest BCUT2D eigenvalue weighted by Gasteiger charge is -2.14. The summed E-state index contributed by atoms with van der Waals surface area (Å²) in [6, 6.07) is 10.8. The SMILES string of the molecule is COc1cc(CCC(=O)Oc2ccc(Br)cc2)cc(OC)c1OC. The van der Waals surface area contributed by atoms with Crippen LogP contribution in [0.1, 0.15) is 12.0 Å². The molecule has 0 bridgehead atoms. The smallest absolute Gasteiger partial charge is 0.311 e. The Kier molecular flexibility index (Phi) is 6.49. The van der Waals surface area contributed by atoms with E-state index in [1.54, 1.807) is 33.5 Å². The molecule has 0 N–H and O–H groups in total. The summed E-state index contributed by atoms with van der Waals surface area (Å²) < 4.78 is 22.1. The number of benzene rings is 2. The van der Waals surface area contributed by atoms with E-state index in [0.717, 1.165) is 10.0 Å². The van der Waals surface area contributed by atoms with Crippen molar-refractivity contribution in [3.63, 3.8) is 0 Å². The van der Waals surface area contributed by atoms with Crippen molar-refractivity contribution in [2.45, 2.75) is 12.8 Å². The number of carbonyl (C=O) groups is 1. The third-order valence-corrected chi connectivity index (χ3v) is 3.92. The maximum absolute atomic E-state index is 12.0. The zero-order chi connectivity index (χ0) is 17.5. The summed E-state index contributed by atoms with van der Waals surface area (Å²) in [7, 11) is 4.67. The van der Waals surface area contributed by atoms with Gasteiger partial charge in [0.1, 0.15) is 5.75 Å². The molecule has 0 aliphatic carbocycles. The van der Waals surface area contributed by atoms with E-state index in [0.29, 0.717) is 29.4 Å². The molecule has 2 aromatic carbocycles. The largest absolute Gasteiger partial charge is 0.493 e. The first-order valence-electron chi connectivity index (χ1n) is 7.32. The molecule has 128 valence electrons. The average molecular weight is 395 g/mol. The average Bonchev–Trinajstić information content (AvgIpc) is 2.60. The topological polar surface area (TPSA) is 54.0 Å². The Morgan fingerprint density at radius 1 is 0.958 bits per heavy atom. The zero-order valence-corrected chi connectivity index (χ0v) is 15.4. The van der Waals surface area contributed by atoms with Crippen molar-refractivity contribution in [2.75, 3.05) is 21.3 Å². The van der Waals surface area contributed by atoms with Gasteiger partial charge in [-0.15, -0.1) is 0 Å². The van der Waals surface area contributed by atoms with Gasteiger partial charge in [-0.2, -0.15) is 0 Å². The van der Waals surface area contributed by atoms with Crippen molar-refractivity contribution in [3.8, 4) is 23.0 Å². The number of ether oxygens (including phenoxy) is 4. The number of rotatable bonds is 7. The molecular formula is C18H19BrO5. The van der Waals surface area contributed by atoms with Gasteiger partial charge in [-0.3, -0.25) is 4.79 Å². The first-order valence-corrected chi connectivity index (χ1v) is 8.11. The molecule has 0 aliphatic heterocycles. The van der Waals surface area contributed by atoms with E-state index in [-0.39, 0.29) is 12.4 Å². The number of esters is 1. The zero-order valence-electron chi connectivity index (χ0n) is 13.8. The second-order valence-electron chi connectivity index (χ2n) is 4.96. The predicted octanol–water partition coefficient (Wildman–Crippen LogP) is 4.01. The van der Waals surface area contributed by atoms with E-state index in [1.807, 2.05) is 24.3 Å². The molecule has 0 aromatic heterocycles. The molecule has 5 nitrogen and oxygen atoms in total. The Bertz CT molecular complexity index is 672. The molecule has 0 atom stereocenters. The van der Waals surface area contributed by atoms with Gasteiger partial charge < -0.3 is 18.9 Å². The number of methoxy groups -OCH3 is 3. The van der Waals surface area contributed by atoms with Gasteiger partial charge in [-0.25, -0.2) is 0 Å². The monoisotopic (exact) mass is 394 g/mol. The third kappa shape index (κ3) is 4.64. The summed E-state index contributed by atoms with van der Waals surface area (Å²) in [4.78, 5) is 12.0. The lowest BCUT2D eigenvalue weighted by molar-refractivity contribution is -0.134. The van der Waals surface area contributed by atoms with Gasteiger partial charge in [0.25, 0.3) is 0 Å². The molecule has 2 aromatic rings. The predicted molar refractivity (Wildman–Crippen MR) is 94.2 cm³/mol. The van der Waals surface area contributed by atoms with Crippen LogP contribution in [0, 0.1) is 0 Å². The first-order chi connectivity index (χ1) is 11.6. The maximum Gasteiger partial charge on any atom is 0.311 e. The maximum atomic E-state index is 12.0. The van der Waals surface area contributed by atoms with Crippen molar-refractivity contribution in [3.05, 3.63) is 46.4 Å². The summed E-state index contributed by atoms with van der Waals surface area (Å²) in [5, 5.41) is 0. The molecule has 24 heavy (non-hydrogen) atoms. The molecule has 0 saturated heterocycles. The van der Waals surface area contributed by atoms with Crippen LogP contribution in [0.3, 0.4) is 0 Å². The summed E-state index contributed by atoms with van der Waals surface area (Å²) in [6.07, 6.45) is 0.751. The summed E-state index contributed by atoms with van der Waals surface area (Å²) in [6.45, 7) is 0. The number of hydrogen-bond donors (Lipinski definition) is 0. The quantitative estimate of drug-likeness (QED) is 0.524. The minimum atomic E-state index is -0.300. The Balaban J connectivity index is 2.03. The van der Waals surface area contributed by atoms with Gasteiger partial charge >= 0.3 is 5.97 Å². The molecule has 0 amide bonds. The summed E-state index contributed by atoms with van der Waals surface area (Å²) in [5.74, 6) is 1.88. The van der Waals surface area contributed by atoms with Gasteiger partial charge in [-0.05, 0) is 48.4 Å². The van der Waals surface area contributed by atoms with Crippen LogP contribution in [0.15, 0.2) is 40.9 Å². The Hall–Kier alpha value is -2.21. The van der Waals surface area contributed by atoms with Gasteiger partial charge in [0.2, 0.25) is 5.75 Å². The fourth-order valence-corrected chi connectivity index (χ4v) is 2.48. The Morgan fingerprint density at radius 3 is 2.04 bits per heavy atom. The highest BCUT2D eigenvalue weighted by Gasteiger charge is 2.14. The molecule has 0 fully saturated rings. The van der Waals surface area contributed by atoms with Crippen molar-refractivity contribution in [1.29, 1.82) is 0 Å². The van der Waals surface area contributed by atoms with E-state index in [1.165, 1.54) is 0 Å². The molecule has 6 heteroatoms. The van der Waals surface area contributed by atoms with E-state index in [4.69, 9.17) is 18.9 Å². The van der Waals surface area contributed by atoms with Crippen LogP contribution >= 0.6 is 15.9 Å². The van der Waals surface area contributed by atoms with Gasteiger partial charge in [0.05, 0.1) is 21.3 Å². The standard InChI is InChI=1S/C18H19BrO5/c1-21-15-10-12(11-16(22-2)18(15)23-3)4-9-17(20)24-14-7-5-13(19)6-8-14/h5-8,10-11H,4,9H2,1-3H3. The molecule has 0 aliphatic rings. The minimum absolute atomic E-state index is 0.245. The highest BCUT2D eigenvalue weighted by molar-refractivity contribution is 9.10. The normalized spacial score (nSPS) is 10.2. The van der Waals surface area contributed by atoms with Gasteiger partial charge in [0, 0.05) is 10.9 Å². The van der Waals surface area contributed by atoms with E-state index in [2.05, 4.69) is 15.9 Å². The fraction of sp³-hybridized carbons (Fsp3) is 0.278. The molecule has 0 heterocycles. The molecule has 0 unspecified atom stereocenters. The highest BCUT2D eigenvalue weighted by Crippen LogP contribution is 2.38. The van der Waals surface area contributed by atoms with Crippen LogP contribution in [0.2, 0.25) is 0 Å². The third-order valence-electron chi connectivity index (χ3n) is 3.39. The van der Waals surface area contributed by atoms with Crippen molar-refractivity contribution in [1.82, 2.24) is 0 Å². The lowest BCUT2D eigenvalue weighted by Crippen LogP contribution is -2.09. The van der Waals surface area contributed by atoms with Crippen LogP contribution in [0.4, 0.5) is 0 Å². The minimum Gasteiger partial charge on any atom is -0.493 e. The van der Waals surface area contributed by atoms with Crippen molar-refractivity contribution >= 4 is 21.9 Å². The number of aryl methyl sites for hydroxylation is 1. The second-order valence-corrected chi connectivity index (χ2v) is 5.88. The van der Waals surface area contributed by atoms with E-state index < -0.39 is 0 Å². The highest BCUT2D eigenvalue weighted by atomic mass is 79.9. The van der Waals surface area contributed by atoms with E-state index in [9.17, 15) is 4.79 Å². The fourth-order valence-electron chi connectivity index (χ4n) is 2.21. The first kappa shape index (κ1) is 18.1. The van der Waals surface area contributed by atoms with Crippen LogP contribution in [0.25, 0.3) is 0 Å². The second kappa shape index (κ2) is 8.59. The van der Waals surface area contributed by atoms with E-state index >= 15 is 0 Å². The molecule has 0 radical (unpaired) electrons. The van der Waals surface area contributed by atoms with Crippen molar-refractivity contribution < 1.29 is 23.7 Å². The molecule has 2 rings (SSSR count). The Labute approximate surface area is 149 Å². The van der Waals surface area contributed by atoms with Crippen LogP contribution < -0.4 is 18.9 Å². The van der Waals surface area contributed by atoms with Gasteiger partial charge in [-0.1, -0.05) is 15.9 Å². The van der Waals surface area contributed by atoms with Crippen LogP contribution in [0.5, 0.6) is 23.0 Å². The lowest BCUT2D eigenvalue weighted by atomic mass is 10.1. The molecule has 0 spiro atoms.